The van der Waals surface area contributed by atoms with Gasteiger partial charge in [0.25, 0.3) is 0 Å². The summed E-state index contributed by atoms with van der Waals surface area (Å²) in [5.41, 5.74) is 0.863. The molecule has 0 bridgehead atoms. The van der Waals surface area contributed by atoms with Gasteiger partial charge in [0, 0.05) is 12.0 Å². The molecule has 0 saturated heterocycles. The van der Waals surface area contributed by atoms with E-state index in [-0.39, 0.29) is 11.3 Å². The first kappa shape index (κ1) is 24.0. The smallest absolute Gasteiger partial charge is 0.226 e. The van der Waals surface area contributed by atoms with Gasteiger partial charge in [0.15, 0.2) is 0 Å². The van der Waals surface area contributed by atoms with Gasteiger partial charge in [-0.15, -0.1) is 0 Å². The first-order valence-electron chi connectivity index (χ1n) is 13.4. The zero-order valence-electron chi connectivity index (χ0n) is 21.4. The normalized spacial score (nSPS) is 50.1. The summed E-state index contributed by atoms with van der Waals surface area (Å²) in [4.78, 5) is 12.8. The maximum atomic E-state index is 12.8. The quantitative estimate of drug-likeness (QED) is 0.307. The van der Waals surface area contributed by atoms with Crippen molar-refractivity contribution < 1.29 is 9.22 Å². The molecular formula is C28H48O2Si. The number of fused-ring (bicyclic) bond motifs is 5. The number of carbonyl (C=O) groups is 1. The van der Waals surface area contributed by atoms with E-state index < -0.39 is 0 Å². The molecule has 4 fully saturated rings. The number of aldehydes is 1. The summed E-state index contributed by atoms with van der Waals surface area (Å²) in [7, 11) is 0.561. The van der Waals surface area contributed by atoms with Gasteiger partial charge in [-0.3, -0.25) is 0 Å². The number of hydrogen-bond acceptors (Lipinski definition) is 2. The maximum Gasteiger partial charge on any atom is 0.226 e. The first-order chi connectivity index (χ1) is 14.6. The summed E-state index contributed by atoms with van der Waals surface area (Å²) in [5, 5.41) is 0. The largest absolute Gasteiger partial charge is 0.415 e. The Balaban J connectivity index is 1.62. The van der Waals surface area contributed by atoms with Crippen molar-refractivity contribution in [3.05, 3.63) is 0 Å². The molecule has 31 heavy (non-hydrogen) atoms. The molecule has 4 saturated carbocycles. The Hall–Kier alpha value is -0.153. The molecule has 4 unspecified atom stereocenters. The molecule has 4 aliphatic rings. The van der Waals surface area contributed by atoms with Crippen molar-refractivity contribution in [2.24, 2.45) is 57.7 Å². The Morgan fingerprint density at radius 1 is 0.968 bits per heavy atom. The highest BCUT2D eigenvalue weighted by Gasteiger charge is 2.70. The van der Waals surface area contributed by atoms with Gasteiger partial charge in [0.2, 0.25) is 9.76 Å². The Kier molecular flexibility index (Phi) is 6.63. The average Bonchev–Trinajstić information content (AvgIpc) is 3.15. The van der Waals surface area contributed by atoms with Crippen LogP contribution in [0.1, 0.15) is 99.3 Å². The summed E-state index contributed by atoms with van der Waals surface area (Å²) in [6.07, 6.45) is 13.6. The van der Waals surface area contributed by atoms with Crippen LogP contribution in [0.3, 0.4) is 0 Å². The van der Waals surface area contributed by atoms with Crippen molar-refractivity contribution in [3.63, 3.8) is 0 Å². The highest BCUT2D eigenvalue weighted by Crippen LogP contribution is 2.75. The van der Waals surface area contributed by atoms with Crippen LogP contribution in [0.25, 0.3) is 0 Å². The average molecular weight is 445 g/mol. The van der Waals surface area contributed by atoms with Crippen LogP contribution in [0.15, 0.2) is 0 Å². The van der Waals surface area contributed by atoms with Crippen molar-refractivity contribution in [2.75, 3.05) is 0 Å². The van der Waals surface area contributed by atoms with Crippen LogP contribution in [0.4, 0.5) is 0 Å². The molecular weight excluding hydrogens is 396 g/mol. The van der Waals surface area contributed by atoms with Crippen molar-refractivity contribution in [1.82, 2.24) is 0 Å². The zero-order chi connectivity index (χ0) is 22.6. The third-order valence-corrected chi connectivity index (χ3v) is 12.2. The van der Waals surface area contributed by atoms with Gasteiger partial charge in [-0.05, 0) is 103 Å². The van der Waals surface area contributed by atoms with Gasteiger partial charge in [0.1, 0.15) is 6.29 Å². The molecule has 0 spiro atoms. The molecule has 0 aromatic carbocycles. The minimum atomic E-state index is 0.110. The van der Waals surface area contributed by atoms with E-state index in [1.165, 1.54) is 57.7 Å². The van der Waals surface area contributed by atoms with E-state index in [9.17, 15) is 4.79 Å². The Morgan fingerprint density at radius 3 is 2.35 bits per heavy atom. The highest BCUT2D eigenvalue weighted by atomic mass is 28.2. The van der Waals surface area contributed by atoms with Crippen LogP contribution >= 0.6 is 0 Å². The van der Waals surface area contributed by atoms with Crippen LogP contribution in [-0.4, -0.2) is 22.2 Å². The molecule has 2 nitrogen and oxygen atoms in total. The van der Waals surface area contributed by atoms with Crippen LogP contribution < -0.4 is 0 Å². The topological polar surface area (TPSA) is 26.3 Å². The van der Waals surface area contributed by atoms with Crippen LogP contribution in [0.5, 0.6) is 0 Å². The second-order valence-corrected chi connectivity index (χ2v) is 13.8. The number of carbonyl (C=O) groups excluding carboxylic acids is 1. The Morgan fingerprint density at radius 2 is 1.71 bits per heavy atom. The lowest BCUT2D eigenvalue weighted by Crippen LogP contribution is -2.48. The molecule has 0 amide bonds. The van der Waals surface area contributed by atoms with E-state index in [4.69, 9.17) is 4.43 Å². The van der Waals surface area contributed by atoms with E-state index in [0.29, 0.717) is 32.6 Å². The Labute approximate surface area is 195 Å². The van der Waals surface area contributed by atoms with Gasteiger partial charge < -0.3 is 9.22 Å². The standard InChI is InChI=1S/C28H48O2Si/c1-18(2)8-9-19(3)21-10-11-22-25-23(13-14-26(21,22)4)27(5)15-12-20(30-31-7)16-28(27,6)24(25)17-29/h17-25H,8-16H2,1-7H3/t19-,20+,21-,22?,23?,24?,25?,26-,27-,28+/m1/s1. The number of hydrogen-bond donors (Lipinski definition) is 0. The molecule has 2 radical (unpaired) electrons. The molecule has 4 rings (SSSR count). The molecule has 0 aromatic heterocycles. The lowest BCUT2D eigenvalue weighted by atomic mass is 9.52. The highest BCUT2D eigenvalue weighted by molar-refractivity contribution is 6.24. The minimum absolute atomic E-state index is 0.110. The van der Waals surface area contributed by atoms with E-state index in [1.807, 2.05) is 0 Å². The van der Waals surface area contributed by atoms with Crippen molar-refractivity contribution in [2.45, 2.75) is 112 Å². The maximum absolute atomic E-state index is 12.8. The fourth-order valence-corrected chi connectivity index (χ4v) is 10.4. The zero-order valence-corrected chi connectivity index (χ0v) is 22.4. The van der Waals surface area contributed by atoms with Gasteiger partial charge >= 0.3 is 0 Å². The van der Waals surface area contributed by atoms with Crippen LogP contribution in [0, 0.1) is 57.7 Å². The molecule has 10 atom stereocenters. The summed E-state index contributed by atoms with van der Waals surface area (Å²) < 4.78 is 6.16. The van der Waals surface area contributed by atoms with Crippen molar-refractivity contribution in [3.8, 4) is 0 Å². The molecule has 3 heteroatoms. The predicted molar refractivity (Wildman–Crippen MR) is 130 cm³/mol. The third-order valence-electron chi connectivity index (χ3n) is 11.6. The van der Waals surface area contributed by atoms with Crippen LogP contribution in [0.2, 0.25) is 6.55 Å². The molecule has 0 heterocycles. The summed E-state index contributed by atoms with van der Waals surface area (Å²) in [6, 6.07) is 0. The van der Waals surface area contributed by atoms with Gasteiger partial charge in [-0.1, -0.05) is 54.4 Å². The van der Waals surface area contributed by atoms with Crippen molar-refractivity contribution in [1.29, 1.82) is 0 Å². The van der Waals surface area contributed by atoms with E-state index in [1.54, 1.807) is 0 Å². The molecule has 0 aromatic rings. The lowest BCUT2D eigenvalue weighted by molar-refractivity contribution is -0.121. The van der Waals surface area contributed by atoms with Gasteiger partial charge in [0.05, 0.1) is 0 Å². The summed E-state index contributed by atoms with van der Waals surface area (Å²) >= 11 is 0. The Bertz CT molecular complexity index is 663. The van der Waals surface area contributed by atoms with E-state index in [0.717, 1.165) is 36.0 Å². The SMILES string of the molecule is C[Si]O[C@H]1CC[C@]2(C)C3CC[C@@]4(C)C(CC[C@@H]4[C@H](C)CCC(C)C)C3C(C=O)[C@]2(C)C1. The van der Waals surface area contributed by atoms with Gasteiger partial charge in [-0.25, -0.2) is 0 Å². The first-order valence-corrected chi connectivity index (χ1v) is 14.8. The second kappa shape index (κ2) is 8.57. The number of rotatable bonds is 7. The molecule has 176 valence electrons. The monoisotopic (exact) mass is 444 g/mol. The van der Waals surface area contributed by atoms with Crippen molar-refractivity contribution >= 4 is 16.0 Å². The summed E-state index contributed by atoms with van der Waals surface area (Å²) in [5.74, 6) is 4.80. The molecule has 0 N–H and O–H groups in total. The molecule has 4 aliphatic carbocycles. The lowest BCUT2D eigenvalue weighted by Gasteiger charge is -2.53. The molecule has 0 aliphatic heterocycles. The fourth-order valence-electron chi connectivity index (χ4n) is 9.82. The summed E-state index contributed by atoms with van der Waals surface area (Å²) in [6.45, 7) is 17.1. The van der Waals surface area contributed by atoms with E-state index >= 15 is 0 Å². The predicted octanol–water partition coefficient (Wildman–Crippen LogP) is 7.20. The van der Waals surface area contributed by atoms with Gasteiger partial charge in [-0.2, -0.15) is 0 Å². The fraction of sp³-hybridized carbons (Fsp3) is 0.964. The second-order valence-electron chi connectivity index (χ2n) is 13.2. The van der Waals surface area contributed by atoms with Crippen LogP contribution in [-0.2, 0) is 9.22 Å². The minimum Gasteiger partial charge on any atom is -0.415 e. The van der Waals surface area contributed by atoms with E-state index in [2.05, 4.69) is 48.1 Å². The third kappa shape index (κ3) is 3.54.